The average molecular weight is 447 g/mol. The molecule has 4 aromatic carbocycles. The van der Waals surface area contributed by atoms with Crippen LogP contribution in [0.4, 0.5) is 5.69 Å². The zero-order chi connectivity index (χ0) is 23.3. The molecule has 0 bridgehead atoms. The second-order valence-corrected chi connectivity index (χ2v) is 7.66. The fraction of sp³-hybridized carbons (Fsp3) is 0.0345. The number of nitrogens with zero attached hydrogens (tertiary/aromatic N) is 2. The van der Waals surface area contributed by atoms with Gasteiger partial charge in [-0.25, -0.2) is 4.99 Å². The molecule has 0 spiro atoms. The Bertz CT molecular complexity index is 1380. The summed E-state index contributed by atoms with van der Waals surface area (Å²) in [5.74, 6) is 2.46. The lowest BCUT2D eigenvalue weighted by Crippen LogP contribution is -2.32. The quantitative estimate of drug-likeness (QED) is 0.326. The highest BCUT2D eigenvalue weighted by molar-refractivity contribution is 6.33. The van der Waals surface area contributed by atoms with Crippen LogP contribution in [-0.4, -0.2) is 18.9 Å². The molecule has 34 heavy (non-hydrogen) atoms. The minimum Gasteiger partial charge on any atom is -0.497 e. The molecule has 4 aromatic rings. The van der Waals surface area contributed by atoms with Gasteiger partial charge in [0.25, 0.3) is 5.91 Å². The van der Waals surface area contributed by atoms with E-state index in [2.05, 4.69) is 0 Å². The van der Waals surface area contributed by atoms with Crippen LogP contribution in [0.25, 0.3) is 6.08 Å². The lowest BCUT2D eigenvalue weighted by atomic mass is 10.1. The van der Waals surface area contributed by atoms with E-state index in [1.165, 1.54) is 0 Å². The van der Waals surface area contributed by atoms with E-state index >= 15 is 0 Å². The maximum atomic E-state index is 13.5. The van der Waals surface area contributed by atoms with Crippen LogP contribution in [0.3, 0.4) is 0 Å². The maximum Gasteiger partial charge on any atom is 0.282 e. The summed E-state index contributed by atoms with van der Waals surface area (Å²) in [6, 6.07) is 34.2. The van der Waals surface area contributed by atoms with Gasteiger partial charge in [-0.2, -0.15) is 0 Å². The molecule has 0 aliphatic carbocycles. The van der Waals surface area contributed by atoms with Crippen molar-refractivity contribution in [2.75, 3.05) is 12.0 Å². The highest BCUT2D eigenvalue weighted by atomic mass is 16.5. The van der Waals surface area contributed by atoms with Gasteiger partial charge in [0.05, 0.1) is 12.8 Å². The van der Waals surface area contributed by atoms with Crippen molar-refractivity contribution in [2.24, 2.45) is 4.99 Å². The molecule has 166 valence electrons. The third kappa shape index (κ3) is 4.45. The standard InChI is InChI=1S/C29H22N2O3/c1-33-25-16-9-13-23(20-25)31-28(22-11-4-2-5-12-22)30-27(29(31)32)19-21-10-8-17-26(18-21)34-24-14-6-3-7-15-24/h2-20H,1H3. The van der Waals surface area contributed by atoms with Gasteiger partial charge in [-0.1, -0.05) is 66.7 Å². The molecule has 0 saturated heterocycles. The number of hydrogen-bond donors (Lipinski definition) is 0. The average Bonchev–Trinajstić information content (AvgIpc) is 3.21. The number of methoxy groups -OCH3 is 1. The van der Waals surface area contributed by atoms with Crippen LogP contribution >= 0.6 is 0 Å². The summed E-state index contributed by atoms with van der Waals surface area (Å²) >= 11 is 0. The van der Waals surface area contributed by atoms with Crippen LogP contribution in [0.5, 0.6) is 17.2 Å². The molecule has 5 rings (SSSR count). The van der Waals surface area contributed by atoms with Gasteiger partial charge < -0.3 is 9.47 Å². The predicted octanol–water partition coefficient (Wildman–Crippen LogP) is 6.32. The normalized spacial score (nSPS) is 14.3. The smallest absolute Gasteiger partial charge is 0.282 e. The first-order valence-corrected chi connectivity index (χ1v) is 10.9. The van der Waals surface area contributed by atoms with Crippen LogP contribution in [0.2, 0.25) is 0 Å². The summed E-state index contributed by atoms with van der Waals surface area (Å²) in [4.78, 5) is 19.9. The lowest BCUT2D eigenvalue weighted by molar-refractivity contribution is -0.113. The maximum absolute atomic E-state index is 13.5. The minimum absolute atomic E-state index is 0.207. The van der Waals surface area contributed by atoms with Gasteiger partial charge in [0.1, 0.15) is 28.8 Å². The van der Waals surface area contributed by atoms with E-state index in [0.29, 0.717) is 28.7 Å². The molecular formula is C29H22N2O3. The van der Waals surface area contributed by atoms with Crippen LogP contribution in [0.15, 0.2) is 120 Å². The molecule has 0 radical (unpaired) electrons. The number of amides is 1. The number of ether oxygens (including phenoxy) is 2. The van der Waals surface area contributed by atoms with Crippen molar-refractivity contribution in [2.45, 2.75) is 0 Å². The van der Waals surface area contributed by atoms with E-state index in [9.17, 15) is 4.79 Å². The summed E-state index contributed by atoms with van der Waals surface area (Å²) in [5, 5.41) is 0. The highest BCUT2D eigenvalue weighted by Crippen LogP contribution is 2.31. The Kier molecular flexibility index (Phi) is 5.91. The molecule has 5 nitrogen and oxygen atoms in total. The predicted molar refractivity (Wildman–Crippen MR) is 134 cm³/mol. The molecule has 0 unspecified atom stereocenters. The number of amidine groups is 1. The summed E-state index contributed by atoms with van der Waals surface area (Å²) in [6.07, 6.45) is 1.78. The van der Waals surface area contributed by atoms with Crippen molar-refractivity contribution in [3.8, 4) is 17.2 Å². The Balaban J connectivity index is 1.52. The van der Waals surface area contributed by atoms with Gasteiger partial charge in [0.15, 0.2) is 0 Å². The van der Waals surface area contributed by atoms with E-state index in [1.807, 2.05) is 109 Å². The Morgan fingerprint density at radius 1 is 0.735 bits per heavy atom. The molecule has 1 amide bonds. The number of carbonyl (C=O) groups is 1. The molecule has 0 aromatic heterocycles. The number of aliphatic imine (C=N–C) groups is 1. The number of carbonyl (C=O) groups excluding carboxylic acids is 1. The summed E-state index contributed by atoms with van der Waals surface area (Å²) < 4.78 is 11.3. The van der Waals surface area contributed by atoms with E-state index in [-0.39, 0.29) is 5.91 Å². The van der Waals surface area contributed by atoms with Crippen LogP contribution in [0.1, 0.15) is 11.1 Å². The molecule has 1 heterocycles. The Morgan fingerprint density at radius 2 is 1.41 bits per heavy atom. The molecule has 0 saturated carbocycles. The molecular weight excluding hydrogens is 424 g/mol. The van der Waals surface area contributed by atoms with Crippen molar-refractivity contribution >= 4 is 23.5 Å². The van der Waals surface area contributed by atoms with Crippen molar-refractivity contribution in [1.29, 1.82) is 0 Å². The first-order valence-electron chi connectivity index (χ1n) is 10.9. The van der Waals surface area contributed by atoms with Gasteiger partial charge in [-0.05, 0) is 48.0 Å². The Labute approximate surface area is 198 Å². The van der Waals surface area contributed by atoms with Crippen molar-refractivity contribution < 1.29 is 14.3 Å². The second-order valence-electron chi connectivity index (χ2n) is 7.66. The van der Waals surface area contributed by atoms with E-state index in [1.54, 1.807) is 18.1 Å². The molecule has 5 heteroatoms. The molecule has 0 N–H and O–H groups in total. The van der Waals surface area contributed by atoms with E-state index in [0.717, 1.165) is 16.9 Å². The molecule has 1 aliphatic rings. The second kappa shape index (κ2) is 9.46. The van der Waals surface area contributed by atoms with Crippen LogP contribution in [-0.2, 0) is 4.79 Å². The van der Waals surface area contributed by atoms with Crippen LogP contribution in [0, 0.1) is 0 Å². The van der Waals surface area contributed by atoms with Gasteiger partial charge in [-0.15, -0.1) is 0 Å². The fourth-order valence-corrected chi connectivity index (χ4v) is 3.74. The lowest BCUT2D eigenvalue weighted by Gasteiger charge is -2.19. The highest BCUT2D eigenvalue weighted by Gasteiger charge is 2.32. The number of rotatable bonds is 6. The van der Waals surface area contributed by atoms with E-state index in [4.69, 9.17) is 14.5 Å². The minimum atomic E-state index is -0.207. The number of hydrogen-bond acceptors (Lipinski definition) is 4. The number of anilines is 1. The van der Waals surface area contributed by atoms with Crippen molar-refractivity contribution in [3.05, 3.63) is 126 Å². The molecule has 1 aliphatic heterocycles. The number of benzene rings is 4. The third-order valence-electron chi connectivity index (χ3n) is 5.34. The zero-order valence-corrected chi connectivity index (χ0v) is 18.6. The first-order chi connectivity index (χ1) is 16.7. The van der Waals surface area contributed by atoms with Gasteiger partial charge in [-0.3, -0.25) is 9.69 Å². The zero-order valence-electron chi connectivity index (χ0n) is 18.6. The first kappa shape index (κ1) is 21.2. The fourth-order valence-electron chi connectivity index (χ4n) is 3.74. The molecule has 0 atom stereocenters. The monoisotopic (exact) mass is 446 g/mol. The van der Waals surface area contributed by atoms with Crippen LogP contribution < -0.4 is 14.4 Å². The van der Waals surface area contributed by atoms with Crippen molar-refractivity contribution in [1.82, 2.24) is 0 Å². The number of para-hydroxylation sites is 1. The SMILES string of the molecule is COc1cccc(N2C(=O)C(=Cc3cccc(Oc4ccccc4)c3)N=C2c2ccccc2)c1. The van der Waals surface area contributed by atoms with Gasteiger partial charge in [0, 0.05) is 11.6 Å². The van der Waals surface area contributed by atoms with Gasteiger partial charge in [0.2, 0.25) is 0 Å². The topological polar surface area (TPSA) is 51.1 Å². The molecule has 0 fully saturated rings. The van der Waals surface area contributed by atoms with E-state index < -0.39 is 0 Å². The Morgan fingerprint density at radius 3 is 2.18 bits per heavy atom. The van der Waals surface area contributed by atoms with Crippen molar-refractivity contribution in [3.63, 3.8) is 0 Å². The third-order valence-corrected chi connectivity index (χ3v) is 5.34. The van der Waals surface area contributed by atoms with Gasteiger partial charge >= 0.3 is 0 Å². The Hall–Kier alpha value is -4.64. The summed E-state index contributed by atoms with van der Waals surface area (Å²) in [7, 11) is 1.60. The summed E-state index contributed by atoms with van der Waals surface area (Å²) in [6.45, 7) is 0. The largest absolute Gasteiger partial charge is 0.497 e. The summed E-state index contributed by atoms with van der Waals surface area (Å²) in [5.41, 5.74) is 2.71.